The highest BCUT2D eigenvalue weighted by molar-refractivity contribution is 5.75. The lowest BCUT2D eigenvalue weighted by molar-refractivity contribution is -0.105. The van der Waals surface area contributed by atoms with E-state index in [1.807, 2.05) is 19.2 Å². The number of rotatable bonds is 3. The number of fused-ring (bicyclic) bond motifs is 4. The number of nitrogens with one attached hydrogen (secondary N) is 1. The third kappa shape index (κ3) is 3.89. The van der Waals surface area contributed by atoms with Gasteiger partial charge in [0.25, 0.3) is 0 Å². The first-order valence-electron chi connectivity index (χ1n) is 9.53. The van der Waals surface area contributed by atoms with E-state index in [4.69, 9.17) is 4.98 Å². The third-order valence-electron chi connectivity index (χ3n) is 5.22. The number of likely N-dealkylation sites (N-methyl/N-ethyl adjacent to an activating group) is 1. The van der Waals surface area contributed by atoms with E-state index in [0.717, 1.165) is 35.9 Å². The highest BCUT2D eigenvalue weighted by atomic mass is 16.1. The summed E-state index contributed by atoms with van der Waals surface area (Å²) in [6, 6.07) is 9.07. The fourth-order valence-corrected chi connectivity index (χ4v) is 3.72. The zero-order valence-electron chi connectivity index (χ0n) is 16.8. The number of anilines is 3. The maximum absolute atomic E-state index is 9.78. The Kier molecular flexibility index (Phi) is 5.11. The minimum Gasteiger partial charge on any atom is -0.366 e. The van der Waals surface area contributed by atoms with Gasteiger partial charge in [-0.1, -0.05) is 0 Å². The zero-order valence-corrected chi connectivity index (χ0v) is 16.8. The second-order valence-corrected chi connectivity index (χ2v) is 7.23. The number of hydrogen-bond donors (Lipinski definition) is 1. The van der Waals surface area contributed by atoms with Gasteiger partial charge < -0.3 is 9.80 Å². The van der Waals surface area contributed by atoms with Crippen LogP contribution in [0.1, 0.15) is 12.1 Å². The number of amides is 1. The van der Waals surface area contributed by atoms with Crippen molar-refractivity contribution >= 4 is 23.9 Å². The predicted molar refractivity (Wildman–Crippen MR) is 112 cm³/mol. The van der Waals surface area contributed by atoms with Gasteiger partial charge in [0.05, 0.1) is 11.4 Å². The molecule has 0 radical (unpaired) electrons. The first kappa shape index (κ1) is 18.9. The number of pyridine rings is 2. The molecule has 1 saturated heterocycles. The summed E-state index contributed by atoms with van der Waals surface area (Å²) in [5.74, 6) is 1.44. The van der Waals surface area contributed by atoms with Crippen molar-refractivity contribution in [2.75, 3.05) is 35.3 Å². The summed E-state index contributed by atoms with van der Waals surface area (Å²) in [6.07, 6.45) is 5.13. The Hall–Kier alpha value is -3.49. The molecule has 2 bridgehead atoms. The second kappa shape index (κ2) is 7.86. The lowest BCUT2D eigenvalue weighted by Crippen LogP contribution is -2.40. The number of aryl methyl sites for hydroxylation is 2. The number of nitrogens with zero attached hydrogens (tertiary/aromatic N) is 7. The molecule has 2 aliphatic rings. The minimum atomic E-state index is 0.326. The normalized spacial score (nSPS) is 16.7. The van der Waals surface area contributed by atoms with Gasteiger partial charge in [0.2, 0.25) is 12.4 Å². The first-order chi connectivity index (χ1) is 14.0. The Morgan fingerprint density at radius 3 is 2.79 bits per heavy atom. The van der Waals surface area contributed by atoms with Crippen molar-refractivity contribution in [3.8, 4) is 11.3 Å². The van der Waals surface area contributed by atoms with E-state index in [0.29, 0.717) is 18.4 Å². The van der Waals surface area contributed by atoms with Gasteiger partial charge in [-0.2, -0.15) is 0 Å². The molecule has 5 heterocycles. The van der Waals surface area contributed by atoms with E-state index in [1.54, 1.807) is 7.05 Å². The molecule has 29 heavy (non-hydrogen) atoms. The Balaban J connectivity index is 0.000000192. The molecule has 1 atom stereocenters. The monoisotopic (exact) mass is 392 g/mol. The molecule has 9 heteroatoms. The van der Waals surface area contributed by atoms with Crippen LogP contribution in [0.15, 0.2) is 36.8 Å². The van der Waals surface area contributed by atoms with Crippen molar-refractivity contribution in [1.82, 2.24) is 24.7 Å². The molecular formula is C20H24N8O. The van der Waals surface area contributed by atoms with Crippen LogP contribution in [0, 0.1) is 6.92 Å². The number of hydrogen-bond acceptors (Lipinski definition) is 7. The van der Waals surface area contributed by atoms with Gasteiger partial charge in [-0.25, -0.2) is 9.97 Å². The van der Waals surface area contributed by atoms with Crippen LogP contribution >= 0.6 is 0 Å². The van der Waals surface area contributed by atoms with Crippen LogP contribution in [0.4, 0.5) is 17.5 Å². The summed E-state index contributed by atoms with van der Waals surface area (Å²) in [5, 5.41) is 6.07. The SMILES string of the molecule is Cc1cc(-c2ccc3c(n2)N(C)C2CCN3C2)ccn1.Cn1cnc(NC=O)n1. The molecule has 1 unspecified atom stereocenters. The number of aromatic nitrogens is 5. The topological polar surface area (TPSA) is 92.1 Å². The van der Waals surface area contributed by atoms with Crippen LogP contribution in [0.5, 0.6) is 0 Å². The molecule has 0 aromatic carbocycles. The van der Waals surface area contributed by atoms with Crippen LogP contribution in [0.3, 0.4) is 0 Å². The maximum Gasteiger partial charge on any atom is 0.248 e. The van der Waals surface area contributed by atoms with E-state index < -0.39 is 0 Å². The maximum atomic E-state index is 9.78. The summed E-state index contributed by atoms with van der Waals surface area (Å²) in [5.41, 5.74) is 4.47. The molecule has 5 rings (SSSR count). The lowest BCUT2D eigenvalue weighted by atomic mass is 10.1. The van der Waals surface area contributed by atoms with Gasteiger partial charge in [0.1, 0.15) is 6.33 Å². The Morgan fingerprint density at radius 2 is 2.07 bits per heavy atom. The molecule has 2 aliphatic heterocycles. The number of carbonyl (C=O) groups excluding carboxylic acids is 1. The van der Waals surface area contributed by atoms with Gasteiger partial charge in [0, 0.05) is 50.7 Å². The van der Waals surface area contributed by atoms with Crippen LogP contribution in [-0.4, -0.2) is 57.3 Å². The van der Waals surface area contributed by atoms with Crippen molar-refractivity contribution in [1.29, 1.82) is 0 Å². The quantitative estimate of drug-likeness (QED) is 0.680. The lowest BCUT2D eigenvalue weighted by Gasteiger charge is -2.34. The Morgan fingerprint density at radius 1 is 1.21 bits per heavy atom. The molecule has 150 valence electrons. The molecule has 0 aliphatic carbocycles. The molecule has 3 aromatic heterocycles. The second-order valence-electron chi connectivity index (χ2n) is 7.23. The van der Waals surface area contributed by atoms with Crippen LogP contribution in [0.2, 0.25) is 0 Å². The van der Waals surface area contributed by atoms with E-state index in [9.17, 15) is 4.79 Å². The molecule has 9 nitrogen and oxygen atoms in total. The first-order valence-corrected chi connectivity index (χ1v) is 9.53. The minimum absolute atomic E-state index is 0.326. The van der Waals surface area contributed by atoms with Crippen molar-refractivity contribution in [3.63, 3.8) is 0 Å². The fraction of sp³-hybridized carbons (Fsp3) is 0.350. The van der Waals surface area contributed by atoms with Crippen LogP contribution in [-0.2, 0) is 11.8 Å². The Bertz CT molecular complexity index is 1020. The smallest absolute Gasteiger partial charge is 0.248 e. The number of carbonyl (C=O) groups is 1. The summed E-state index contributed by atoms with van der Waals surface area (Å²) >= 11 is 0. The zero-order chi connectivity index (χ0) is 20.4. The summed E-state index contributed by atoms with van der Waals surface area (Å²) in [4.78, 5) is 27.5. The van der Waals surface area contributed by atoms with E-state index in [-0.39, 0.29) is 0 Å². The van der Waals surface area contributed by atoms with Crippen molar-refractivity contribution in [2.24, 2.45) is 7.05 Å². The van der Waals surface area contributed by atoms with Gasteiger partial charge in [-0.15, -0.1) is 5.10 Å². The highest BCUT2D eigenvalue weighted by Crippen LogP contribution is 2.38. The molecule has 0 saturated carbocycles. The fourth-order valence-electron chi connectivity index (χ4n) is 3.72. The molecule has 1 fully saturated rings. The predicted octanol–water partition coefficient (Wildman–Crippen LogP) is 1.86. The van der Waals surface area contributed by atoms with Crippen LogP contribution < -0.4 is 15.1 Å². The van der Waals surface area contributed by atoms with Crippen molar-refractivity contribution < 1.29 is 4.79 Å². The van der Waals surface area contributed by atoms with Crippen LogP contribution in [0.25, 0.3) is 11.3 Å². The highest BCUT2D eigenvalue weighted by Gasteiger charge is 2.34. The summed E-state index contributed by atoms with van der Waals surface area (Å²) < 4.78 is 1.51. The average molecular weight is 392 g/mol. The average Bonchev–Trinajstić information content (AvgIpc) is 3.34. The van der Waals surface area contributed by atoms with Crippen molar-refractivity contribution in [2.45, 2.75) is 19.4 Å². The molecule has 0 spiro atoms. The van der Waals surface area contributed by atoms with Gasteiger partial charge in [0.15, 0.2) is 5.82 Å². The molecular weight excluding hydrogens is 368 g/mol. The summed E-state index contributed by atoms with van der Waals surface area (Å²) in [7, 11) is 3.89. The van der Waals surface area contributed by atoms with E-state index in [2.05, 4.69) is 55.4 Å². The van der Waals surface area contributed by atoms with Gasteiger partial charge >= 0.3 is 0 Å². The standard InChI is InChI=1S/C16H18N4.C4H6N4O/c1-11-9-12(5-7-17-11)14-3-4-15-16(18-14)19(2)13-6-8-20(15)10-13;1-8-2-5-4(7-8)6-3-9/h3-5,7,9,13H,6,8,10H2,1-2H3;2-3H,1H3,(H,6,7,9). The summed E-state index contributed by atoms with van der Waals surface area (Å²) in [6.45, 7) is 4.30. The largest absolute Gasteiger partial charge is 0.366 e. The molecule has 1 amide bonds. The van der Waals surface area contributed by atoms with Crippen molar-refractivity contribution in [3.05, 3.63) is 42.5 Å². The van der Waals surface area contributed by atoms with E-state index in [1.165, 1.54) is 23.1 Å². The Labute approximate surface area is 169 Å². The van der Waals surface area contributed by atoms with Gasteiger partial charge in [-0.3, -0.25) is 19.8 Å². The van der Waals surface area contributed by atoms with Gasteiger partial charge in [-0.05, 0) is 37.6 Å². The third-order valence-corrected chi connectivity index (χ3v) is 5.22. The molecule has 1 N–H and O–H groups in total. The van der Waals surface area contributed by atoms with E-state index >= 15 is 0 Å². The molecule has 3 aromatic rings.